The van der Waals surface area contributed by atoms with Crippen LogP contribution in [0.2, 0.25) is 0 Å². The predicted octanol–water partition coefficient (Wildman–Crippen LogP) is 3.59. The fourth-order valence-electron chi connectivity index (χ4n) is 2.43. The number of Topliss-reactive ketones (excluding diaryl/α,β-unsaturated/α-hetero) is 1. The minimum Gasteiger partial charge on any atom is -0.353 e. The number of nitrogens with zero attached hydrogens (tertiary/aromatic N) is 1. The van der Waals surface area contributed by atoms with E-state index in [2.05, 4.69) is 23.9 Å². The average molecular weight is 219 g/mol. The molecule has 2 rings (SSSR count). The Hall–Kier alpha value is -1.05. The Morgan fingerprint density at radius 1 is 1.19 bits per heavy atom. The van der Waals surface area contributed by atoms with Crippen LogP contribution in [0.5, 0.6) is 0 Å². The Balaban J connectivity index is 1.93. The summed E-state index contributed by atoms with van der Waals surface area (Å²) in [7, 11) is 0. The molecule has 0 aliphatic heterocycles. The minimum atomic E-state index is 0.341. The molecule has 0 atom stereocenters. The van der Waals surface area contributed by atoms with Crippen LogP contribution in [0.15, 0.2) is 12.4 Å². The van der Waals surface area contributed by atoms with Gasteiger partial charge < -0.3 is 4.57 Å². The third-order valence-corrected chi connectivity index (χ3v) is 3.38. The van der Waals surface area contributed by atoms with Crippen LogP contribution >= 0.6 is 0 Å². The lowest BCUT2D eigenvalue weighted by molar-refractivity contribution is 0.0973. The molecule has 1 aromatic rings. The molecule has 1 heterocycles. The van der Waals surface area contributed by atoms with E-state index < -0.39 is 0 Å². The third kappa shape index (κ3) is 2.55. The van der Waals surface area contributed by atoms with E-state index >= 15 is 0 Å². The lowest BCUT2D eigenvalue weighted by atomic mass is 9.95. The Labute approximate surface area is 97.7 Å². The van der Waals surface area contributed by atoms with Gasteiger partial charge in [-0.3, -0.25) is 4.79 Å². The molecule has 1 aliphatic carbocycles. The van der Waals surface area contributed by atoms with Crippen LogP contribution in [-0.2, 0) is 13.0 Å². The fraction of sp³-hybridized carbons (Fsp3) is 0.643. The molecule has 1 aromatic heterocycles. The zero-order chi connectivity index (χ0) is 11.4. The van der Waals surface area contributed by atoms with Crippen LogP contribution in [0.25, 0.3) is 0 Å². The lowest BCUT2D eigenvalue weighted by Crippen LogP contribution is -2.07. The molecule has 1 aliphatic rings. The van der Waals surface area contributed by atoms with Gasteiger partial charge in [0.05, 0.1) is 0 Å². The van der Waals surface area contributed by atoms with Crippen LogP contribution in [0.1, 0.15) is 61.4 Å². The first-order valence-corrected chi connectivity index (χ1v) is 6.53. The zero-order valence-electron chi connectivity index (χ0n) is 10.2. The van der Waals surface area contributed by atoms with Crippen molar-refractivity contribution in [2.75, 3.05) is 0 Å². The molecule has 0 spiro atoms. The van der Waals surface area contributed by atoms with Gasteiger partial charge in [0.15, 0.2) is 5.78 Å². The number of carbonyl (C=O) groups excluding carboxylic acids is 1. The molecule has 2 nitrogen and oxygen atoms in total. The number of aryl methyl sites for hydroxylation is 2. The Kier molecular flexibility index (Phi) is 3.81. The zero-order valence-corrected chi connectivity index (χ0v) is 10.2. The predicted molar refractivity (Wildman–Crippen MR) is 65.8 cm³/mol. The van der Waals surface area contributed by atoms with Gasteiger partial charge in [-0.2, -0.15) is 0 Å². The Morgan fingerprint density at radius 3 is 2.81 bits per heavy atom. The van der Waals surface area contributed by atoms with Crippen molar-refractivity contribution in [3.63, 3.8) is 0 Å². The molecule has 0 aromatic carbocycles. The van der Waals surface area contributed by atoms with Gasteiger partial charge in [-0.1, -0.05) is 26.2 Å². The van der Waals surface area contributed by atoms with Crippen LogP contribution in [-0.4, -0.2) is 10.4 Å². The van der Waals surface area contributed by atoms with Crippen molar-refractivity contribution in [1.82, 2.24) is 4.57 Å². The maximum atomic E-state index is 11.7. The quantitative estimate of drug-likeness (QED) is 0.694. The smallest absolute Gasteiger partial charge is 0.164 e. The summed E-state index contributed by atoms with van der Waals surface area (Å²) in [4.78, 5) is 11.7. The van der Waals surface area contributed by atoms with E-state index in [0.29, 0.717) is 5.78 Å². The van der Waals surface area contributed by atoms with E-state index in [0.717, 1.165) is 31.4 Å². The fourth-order valence-corrected chi connectivity index (χ4v) is 2.43. The number of ketones is 1. The summed E-state index contributed by atoms with van der Waals surface area (Å²) in [5.74, 6) is 0.341. The highest BCUT2D eigenvalue weighted by molar-refractivity contribution is 5.98. The average Bonchev–Trinajstić information content (AvgIpc) is 2.69. The topological polar surface area (TPSA) is 22.0 Å². The van der Waals surface area contributed by atoms with Crippen molar-refractivity contribution >= 4 is 5.78 Å². The lowest BCUT2D eigenvalue weighted by Gasteiger charge is -2.07. The van der Waals surface area contributed by atoms with Gasteiger partial charge in [0.2, 0.25) is 0 Å². The minimum absolute atomic E-state index is 0.341. The summed E-state index contributed by atoms with van der Waals surface area (Å²) in [6, 6.07) is 0. The maximum Gasteiger partial charge on any atom is 0.164 e. The Morgan fingerprint density at radius 2 is 2.06 bits per heavy atom. The number of unbranched alkanes of at least 4 members (excludes halogenated alkanes) is 3. The van der Waals surface area contributed by atoms with E-state index in [1.54, 1.807) is 0 Å². The van der Waals surface area contributed by atoms with Gasteiger partial charge in [0, 0.05) is 30.9 Å². The number of aromatic nitrogens is 1. The van der Waals surface area contributed by atoms with Crippen molar-refractivity contribution in [2.45, 2.75) is 58.4 Å². The monoisotopic (exact) mass is 219 g/mol. The number of carbonyl (C=O) groups is 1. The second-order valence-electron chi connectivity index (χ2n) is 4.77. The van der Waals surface area contributed by atoms with Gasteiger partial charge >= 0.3 is 0 Å². The van der Waals surface area contributed by atoms with E-state index in [4.69, 9.17) is 0 Å². The molecule has 2 heteroatoms. The van der Waals surface area contributed by atoms with Gasteiger partial charge in [0.1, 0.15) is 0 Å². The summed E-state index contributed by atoms with van der Waals surface area (Å²) < 4.78 is 2.21. The number of hydrogen-bond donors (Lipinski definition) is 0. The third-order valence-electron chi connectivity index (χ3n) is 3.38. The first kappa shape index (κ1) is 11.4. The van der Waals surface area contributed by atoms with Gasteiger partial charge in [-0.05, 0) is 24.8 Å². The molecule has 0 saturated carbocycles. The SMILES string of the molecule is CCCCCCn1cc2c(c1)C(=O)CCC2. The molecule has 88 valence electrons. The second-order valence-corrected chi connectivity index (χ2v) is 4.77. The molecule has 16 heavy (non-hydrogen) atoms. The molecule has 0 unspecified atom stereocenters. The van der Waals surface area contributed by atoms with Gasteiger partial charge in [0.25, 0.3) is 0 Å². The number of hydrogen-bond acceptors (Lipinski definition) is 1. The first-order valence-electron chi connectivity index (χ1n) is 6.53. The van der Waals surface area contributed by atoms with Crippen molar-refractivity contribution in [3.05, 3.63) is 23.5 Å². The van der Waals surface area contributed by atoms with Crippen molar-refractivity contribution < 1.29 is 4.79 Å². The highest BCUT2D eigenvalue weighted by atomic mass is 16.1. The van der Waals surface area contributed by atoms with Crippen LogP contribution < -0.4 is 0 Å². The molecule has 0 radical (unpaired) electrons. The molecule has 0 fully saturated rings. The second kappa shape index (κ2) is 5.33. The number of fused-ring (bicyclic) bond motifs is 1. The summed E-state index contributed by atoms with van der Waals surface area (Å²) in [5.41, 5.74) is 2.26. The molecular weight excluding hydrogens is 198 g/mol. The van der Waals surface area contributed by atoms with E-state index in [1.165, 1.54) is 31.2 Å². The van der Waals surface area contributed by atoms with Crippen molar-refractivity contribution in [1.29, 1.82) is 0 Å². The molecule has 0 N–H and O–H groups in total. The molecular formula is C14H21NO. The van der Waals surface area contributed by atoms with Crippen LogP contribution in [0.3, 0.4) is 0 Å². The maximum absolute atomic E-state index is 11.7. The standard InChI is InChI=1S/C14H21NO/c1-2-3-4-5-9-15-10-12-7-6-8-14(16)13(12)11-15/h10-11H,2-9H2,1H3. The van der Waals surface area contributed by atoms with E-state index in [-0.39, 0.29) is 0 Å². The normalized spacial score (nSPS) is 15.2. The van der Waals surface area contributed by atoms with Crippen LogP contribution in [0.4, 0.5) is 0 Å². The van der Waals surface area contributed by atoms with E-state index in [9.17, 15) is 4.79 Å². The summed E-state index contributed by atoms with van der Waals surface area (Å²) in [6.45, 7) is 3.30. The highest BCUT2D eigenvalue weighted by Crippen LogP contribution is 2.22. The Bertz CT molecular complexity index is 365. The van der Waals surface area contributed by atoms with Gasteiger partial charge in [-0.25, -0.2) is 0 Å². The van der Waals surface area contributed by atoms with Gasteiger partial charge in [-0.15, -0.1) is 0 Å². The van der Waals surface area contributed by atoms with Crippen LogP contribution in [0, 0.1) is 0 Å². The molecule has 0 bridgehead atoms. The van der Waals surface area contributed by atoms with Crippen molar-refractivity contribution in [2.24, 2.45) is 0 Å². The summed E-state index contributed by atoms with van der Waals surface area (Å²) in [6.07, 6.45) is 12.2. The number of rotatable bonds is 5. The first-order chi connectivity index (χ1) is 7.81. The molecule has 0 amide bonds. The summed E-state index contributed by atoms with van der Waals surface area (Å²) >= 11 is 0. The van der Waals surface area contributed by atoms with E-state index in [1.807, 2.05) is 0 Å². The summed E-state index contributed by atoms with van der Waals surface area (Å²) in [5, 5.41) is 0. The van der Waals surface area contributed by atoms with Crippen molar-refractivity contribution in [3.8, 4) is 0 Å². The molecule has 0 saturated heterocycles. The highest BCUT2D eigenvalue weighted by Gasteiger charge is 2.18. The largest absolute Gasteiger partial charge is 0.353 e.